The molecule has 0 bridgehead atoms. The smallest absolute Gasteiger partial charge is 0.251 e. The molecule has 0 radical (unpaired) electrons. The molecule has 0 spiro atoms. The van der Waals surface area contributed by atoms with Crippen LogP contribution in [0.4, 0.5) is 0 Å². The first-order valence-corrected chi connectivity index (χ1v) is 9.10. The van der Waals surface area contributed by atoms with Crippen LogP contribution in [0.25, 0.3) is 0 Å². The van der Waals surface area contributed by atoms with Crippen LogP contribution in [-0.4, -0.2) is 33.0 Å². The maximum atomic E-state index is 12.0. The number of carbonyl (C=O) groups is 1. The molecule has 0 heterocycles. The standard InChI is InChI=1S/C15H21N3O3S/c16-14(10-1-2-10)9-17-15(19)11-3-7-13(8-4-11)22(20,21)18-12-5-6-12/h3-4,7-8,10,12,14,18H,1-2,5-6,9,16H2,(H,17,19). The molecule has 1 atom stereocenters. The number of amides is 1. The van der Waals surface area contributed by atoms with Gasteiger partial charge in [-0.2, -0.15) is 0 Å². The molecular formula is C15H21N3O3S. The van der Waals surface area contributed by atoms with Crippen LogP contribution in [-0.2, 0) is 10.0 Å². The third-order valence-electron chi connectivity index (χ3n) is 4.05. The summed E-state index contributed by atoms with van der Waals surface area (Å²) in [6.07, 6.45) is 4.05. The Bertz CT molecular complexity index is 649. The molecule has 1 amide bonds. The summed E-state index contributed by atoms with van der Waals surface area (Å²) in [7, 11) is -3.47. The van der Waals surface area contributed by atoms with Crippen molar-refractivity contribution < 1.29 is 13.2 Å². The van der Waals surface area contributed by atoms with Crippen LogP contribution < -0.4 is 15.8 Å². The lowest BCUT2D eigenvalue weighted by Gasteiger charge is -2.12. The van der Waals surface area contributed by atoms with Gasteiger partial charge in [0.1, 0.15) is 0 Å². The largest absolute Gasteiger partial charge is 0.350 e. The van der Waals surface area contributed by atoms with Gasteiger partial charge in [0.05, 0.1) is 4.90 Å². The molecule has 7 heteroatoms. The minimum absolute atomic E-state index is 0.00587. The van der Waals surface area contributed by atoms with Crippen molar-refractivity contribution in [3.63, 3.8) is 0 Å². The predicted octanol–water partition coefficient (Wildman–Crippen LogP) is 0.594. The highest BCUT2D eigenvalue weighted by Crippen LogP contribution is 2.31. The molecule has 2 aliphatic carbocycles. The van der Waals surface area contributed by atoms with Crippen molar-refractivity contribution >= 4 is 15.9 Å². The summed E-state index contributed by atoms with van der Waals surface area (Å²) in [6.45, 7) is 0.451. The van der Waals surface area contributed by atoms with Crippen molar-refractivity contribution in [3.8, 4) is 0 Å². The Kier molecular flexibility index (Phi) is 4.20. The average molecular weight is 323 g/mol. The van der Waals surface area contributed by atoms with Crippen LogP contribution in [0.15, 0.2) is 29.2 Å². The van der Waals surface area contributed by atoms with E-state index in [4.69, 9.17) is 5.73 Å². The number of sulfonamides is 1. The second-order valence-electron chi connectivity index (χ2n) is 6.13. The predicted molar refractivity (Wildman–Crippen MR) is 82.8 cm³/mol. The number of carbonyl (C=O) groups excluding carboxylic acids is 1. The summed E-state index contributed by atoms with van der Waals surface area (Å²) in [5.41, 5.74) is 6.37. The van der Waals surface area contributed by atoms with E-state index >= 15 is 0 Å². The minimum atomic E-state index is -3.47. The summed E-state index contributed by atoms with van der Waals surface area (Å²) >= 11 is 0. The molecule has 4 N–H and O–H groups in total. The van der Waals surface area contributed by atoms with Gasteiger partial charge < -0.3 is 11.1 Å². The molecule has 2 fully saturated rings. The van der Waals surface area contributed by atoms with E-state index in [9.17, 15) is 13.2 Å². The third kappa shape index (κ3) is 3.85. The molecule has 2 saturated carbocycles. The van der Waals surface area contributed by atoms with Crippen molar-refractivity contribution in [1.82, 2.24) is 10.0 Å². The Hall–Kier alpha value is -1.44. The molecule has 1 aromatic rings. The fraction of sp³-hybridized carbons (Fsp3) is 0.533. The second kappa shape index (κ2) is 5.98. The van der Waals surface area contributed by atoms with E-state index in [-0.39, 0.29) is 22.9 Å². The van der Waals surface area contributed by atoms with E-state index in [1.165, 1.54) is 24.3 Å². The van der Waals surface area contributed by atoms with Gasteiger partial charge in [0.25, 0.3) is 5.91 Å². The van der Waals surface area contributed by atoms with Crippen molar-refractivity contribution in [1.29, 1.82) is 0 Å². The molecule has 2 aliphatic rings. The molecule has 0 aromatic heterocycles. The number of nitrogens with one attached hydrogen (secondary N) is 2. The van der Waals surface area contributed by atoms with Gasteiger partial charge in [-0.25, -0.2) is 13.1 Å². The van der Waals surface area contributed by atoms with Crippen LogP contribution in [0.1, 0.15) is 36.0 Å². The van der Waals surface area contributed by atoms with Crippen LogP contribution in [0.3, 0.4) is 0 Å². The van der Waals surface area contributed by atoms with Gasteiger partial charge in [0.2, 0.25) is 10.0 Å². The molecule has 0 saturated heterocycles. The zero-order valence-electron chi connectivity index (χ0n) is 12.3. The molecule has 1 unspecified atom stereocenters. The van der Waals surface area contributed by atoms with Crippen molar-refractivity contribution in [2.45, 2.75) is 42.7 Å². The zero-order valence-corrected chi connectivity index (χ0v) is 13.1. The maximum Gasteiger partial charge on any atom is 0.251 e. The van der Waals surface area contributed by atoms with Gasteiger partial charge in [-0.1, -0.05) is 0 Å². The van der Waals surface area contributed by atoms with Gasteiger partial charge in [-0.15, -0.1) is 0 Å². The summed E-state index contributed by atoms with van der Waals surface area (Å²) in [5, 5.41) is 2.79. The van der Waals surface area contributed by atoms with E-state index in [0.29, 0.717) is 18.0 Å². The highest BCUT2D eigenvalue weighted by molar-refractivity contribution is 7.89. The normalized spacial score (nSPS) is 19.7. The number of hydrogen-bond donors (Lipinski definition) is 3. The highest BCUT2D eigenvalue weighted by atomic mass is 32.2. The summed E-state index contributed by atoms with van der Waals surface area (Å²) < 4.78 is 26.7. The highest BCUT2D eigenvalue weighted by Gasteiger charge is 2.29. The van der Waals surface area contributed by atoms with Gasteiger partial charge in [-0.3, -0.25) is 4.79 Å². The first kappa shape index (κ1) is 15.5. The molecule has 22 heavy (non-hydrogen) atoms. The van der Waals surface area contributed by atoms with E-state index < -0.39 is 10.0 Å². The van der Waals surface area contributed by atoms with Gasteiger partial charge in [0.15, 0.2) is 0 Å². The summed E-state index contributed by atoms with van der Waals surface area (Å²) in [5.74, 6) is 0.302. The lowest BCUT2D eigenvalue weighted by atomic mass is 10.2. The molecular weight excluding hydrogens is 302 g/mol. The average Bonchev–Trinajstić information content (AvgIpc) is 3.36. The number of hydrogen-bond acceptors (Lipinski definition) is 4. The summed E-state index contributed by atoms with van der Waals surface area (Å²) in [4.78, 5) is 12.2. The Morgan fingerprint density at radius 2 is 1.82 bits per heavy atom. The summed E-state index contributed by atoms with van der Waals surface area (Å²) in [6, 6.07) is 6.04. The Morgan fingerprint density at radius 3 is 2.36 bits per heavy atom. The third-order valence-corrected chi connectivity index (χ3v) is 5.59. The topological polar surface area (TPSA) is 101 Å². The Balaban J connectivity index is 1.59. The molecule has 120 valence electrons. The molecule has 0 aliphatic heterocycles. The van der Waals surface area contributed by atoms with Gasteiger partial charge >= 0.3 is 0 Å². The number of benzene rings is 1. The van der Waals surface area contributed by atoms with E-state index in [1.54, 1.807) is 0 Å². The first-order valence-electron chi connectivity index (χ1n) is 7.62. The fourth-order valence-corrected chi connectivity index (χ4v) is 3.58. The van der Waals surface area contributed by atoms with E-state index in [0.717, 1.165) is 25.7 Å². The van der Waals surface area contributed by atoms with Gasteiger partial charge in [0, 0.05) is 24.2 Å². The monoisotopic (exact) mass is 323 g/mol. The number of rotatable bonds is 7. The quantitative estimate of drug-likeness (QED) is 0.683. The van der Waals surface area contributed by atoms with Crippen LogP contribution in [0.5, 0.6) is 0 Å². The fourth-order valence-electron chi connectivity index (χ4n) is 2.28. The SMILES string of the molecule is NC(CNC(=O)c1ccc(S(=O)(=O)NC2CC2)cc1)C1CC1. The molecule has 1 aromatic carbocycles. The number of nitrogens with two attached hydrogens (primary N) is 1. The van der Waals surface area contributed by atoms with E-state index in [1.807, 2.05) is 0 Å². The van der Waals surface area contributed by atoms with Crippen molar-refractivity contribution in [2.75, 3.05) is 6.54 Å². The van der Waals surface area contributed by atoms with Gasteiger partial charge in [-0.05, 0) is 55.9 Å². The lowest BCUT2D eigenvalue weighted by Crippen LogP contribution is -2.38. The lowest BCUT2D eigenvalue weighted by molar-refractivity contribution is 0.0950. The zero-order chi connectivity index (χ0) is 15.7. The van der Waals surface area contributed by atoms with Crippen molar-refractivity contribution in [2.24, 2.45) is 11.7 Å². The van der Waals surface area contributed by atoms with Crippen molar-refractivity contribution in [3.05, 3.63) is 29.8 Å². The minimum Gasteiger partial charge on any atom is -0.350 e. The second-order valence-corrected chi connectivity index (χ2v) is 7.85. The van der Waals surface area contributed by atoms with Crippen LogP contribution in [0.2, 0.25) is 0 Å². The van der Waals surface area contributed by atoms with Crippen LogP contribution in [0, 0.1) is 5.92 Å². The Labute approximate surface area is 130 Å². The maximum absolute atomic E-state index is 12.0. The Morgan fingerprint density at radius 1 is 1.18 bits per heavy atom. The molecule has 6 nitrogen and oxygen atoms in total. The molecule has 3 rings (SSSR count). The van der Waals surface area contributed by atoms with Crippen LogP contribution >= 0.6 is 0 Å². The first-order chi connectivity index (χ1) is 10.5. The van der Waals surface area contributed by atoms with E-state index in [2.05, 4.69) is 10.0 Å².